The average Bonchev–Trinajstić information content (AvgIpc) is 3.01. The van der Waals surface area contributed by atoms with Crippen molar-refractivity contribution in [1.29, 1.82) is 0 Å². The quantitative estimate of drug-likeness (QED) is 0.678. The number of hydrogen-bond donors (Lipinski definition) is 1. The largest absolute Gasteiger partial charge is 0.313 e. The van der Waals surface area contributed by atoms with Crippen LogP contribution >= 0.6 is 0 Å². The van der Waals surface area contributed by atoms with Crippen LogP contribution in [-0.2, 0) is 0 Å². The van der Waals surface area contributed by atoms with Crippen molar-refractivity contribution in [2.75, 3.05) is 6.54 Å². The van der Waals surface area contributed by atoms with Gasteiger partial charge in [-0.25, -0.2) is 0 Å². The third-order valence-electron chi connectivity index (χ3n) is 5.57. The van der Waals surface area contributed by atoms with E-state index in [9.17, 15) is 0 Å². The van der Waals surface area contributed by atoms with Crippen molar-refractivity contribution in [2.24, 2.45) is 11.3 Å². The van der Waals surface area contributed by atoms with E-state index in [0.29, 0.717) is 5.41 Å². The molecule has 0 amide bonds. The smallest absolute Gasteiger partial charge is 0.0121 e. The zero-order valence-corrected chi connectivity index (χ0v) is 12.6. The molecule has 0 bridgehead atoms. The average molecular weight is 251 g/mol. The maximum Gasteiger partial charge on any atom is 0.0121 e. The topological polar surface area (TPSA) is 12.0 Å². The maximum absolute atomic E-state index is 3.88. The predicted octanol–water partition coefficient (Wildman–Crippen LogP) is 4.91. The second kappa shape index (κ2) is 6.93. The Bertz CT molecular complexity index is 224. The Balaban J connectivity index is 1.83. The number of hydrogen-bond acceptors (Lipinski definition) is 1. The SMILES string of the molecule is CCCNC(CCC1CCCC1)C1(C)CCCC1. The first-order valence-corrected chi connectivity index (χ1v) is 8.48. The van der Waals surface area contributed by atoms with E-state index in [1.807, 2.05) is 0 Å². The minimum atomic E-state index is 0.605. The molecule has 2 aliphatic rings. The molecule has 1 unspecified atom stereocenters. The van der Waals surface area contributed by atoms with Gasteiger partial charge in [0, 0.05) is 6.04 Å². The zero-order chi connectivity index (χ0) is 12.8. The van der Waals surface area contributed by atoms with Crippen molar-refractivity contribution in [3.63, 3.8) is 0 Å². The summed E-state index contributed by atoms with van der Waals surface area (Å²) in [7, 11) is 0. The first-order valence-electron chi connectivity index (χ1n) is 8.48. The van der Waals surface area contributed by atoms with Gasteiger partial charge in [-0.2, -0.15) is 0 Å². The van der Waals surface area contributed by atoms with Gasteiger partial charge in [0.2, 0.25) is 0 Å². The van der Waals surface area contributed by atoms with E-state index in [4.69, 9.17) is 0 Å². The molecule has 2 fully saturated rings. The van der Waals surface area contributed by atoms with Crippen LogP contribution in [0.2, 0.25) is 0 Å². The lowest BCUT2D eigenvalue weighted by molar-refractivity contribution is 0.199. The third-order valence-corrected chi connectivity index (χ3v) is 5.57. The Morgan fingerprint density at radius 1 is 1.11 bits per heavy atom. The lowest BCUT2D eigenvalue weighted by atomic mass is 9.77. The summed E-state index contributed by atoms with van der Waals surface area (Å²) in [5.41, 5.74) is 0.605. The van der Waals surface area contributed by atoms with Gasteiger partial charge in [-0.1, -0.05) is 52.4 Å². The lowest BCUT2D eigenvalue weighted by Crippen LogP contribution is -2.42. The van der Waals surface area contributed by atoms with Gasteiger partial charge in [-0.05, 0) is 50.0 Å². The van der Waals surface area contributed by atoms with E-state index < -0.39 is 0 Å². The summed E-state index contributed by atoms with van der Waals surface area (Å²) >= 11 is 0. The molecule has 1 N–H and O–H groups in total. The summed E-state index contributed by atoms with van der Waals surface area (Å²) in [6, 6.07) is 0.792. The van der Waals surface area contributed by atoms with Crippen molar-refractivity contribution in [2.45, 2.75) is 90.5 Å². The van der Waals surface area contributed by atoms with Gasteiger partial charge in [-0.3, -0.25) is 0 Å². The first kappa shape index (κ1) is 14.4. The van der Waals surface area contributed by atoms with Crippen LogP contribution in [0.4, 0.5) is 0 Å². The molecule has 18 heavy (non-hydrogen) atoms. The van der Waals surface area contributed by atoms with E-state index in [0.717, 1.165) is 12.0 Å². The molecule has 0 aromatic heterocycles. The first-order chi connectivity index (χ1) is 8.74. The molecule has 2 aliphatic carbocycles. The highest BCUT2D eigenvalue weighted by Gasteiger charge is 2.36. The van der Waals surface area contributed by atoms with Gasteiger partial charge in [-0.15, -0.1) is 0 Å². The fourth-order valence-electron chi connectivity index (χ4n) is 4.25. The Morgan fingerprint density at radius 3 is 2.39 bits per heavy atom. The van der Waals surface area contributed by atoms with E-state index >= 15 is 0 Å². The molecule has 0 spiro atoms. The maximum atomic E-state index is 3.88. The van der Waals surface area contributed by atoms with Crippen LogP contribution in [0.1, 0.15) is 84.5 Å². The second-order valence-corrected chi connectivity index (χ2v) is 7.10. The van der Waals surface area contributed by atoms with Crippen LogP contribution < -0.4 is 5.32 Å². The lowest BCUT2D eigenvalue weighted by Gasteiger charge is -2.36. The van der Waals surface area contributed by atoms with Gasteiger partial charge < -0.3 is 5.32 Å². The Hall–Kier alpha value is -0.0400. The molecule has 1 atom stereocenters. The van der Waals surface area contributed by atoms with Crippen molar-refractivity contribution >= 4 is 0 Å². The molecule has 2 saturated carbocycles. The van der Waals surface area contributed by atoms with Gasteiger partial charge in [0.25, 0.3) is 0 Å². The summed E-state index contributed by atoms with van der Waals surface area (Å²) in [6.45, 7) is 6.05. The van der Waals surface area contributed by atoms with Gasteiger partial charge in [0.15, 0.2) is 0 Å². The number of nitrogens with one attached hydrogen (secondary N) is 1. The van der Waals surface area contributed by atoms with E-state index in [-0.39, 0.29) is 0 Å². The fraction of sp³-hybridized carbons (Fsp3) is 1.00. The number of rotatable bonds is 7. The molecular formula is C17H33N. The second-order valence-electron chi connectivity index (χ2n) is 7.10. The van der Waals surface area contributed by atoms with Crippen molar-refractivity contribution in [3.05, 3.63) is 0 Å². The normalized spacial score (nSPS) is 25.7. The summed E-state index contributed by atoms with van der Waals surface area (Å²) in [4.78, 5) is 0. The molecule has 0 heterocycles. The van der Waals surface area contributed by atoms with Crippen molar-refractivity contribution in [1.82, 2.24) is 5.32 Å². The highest BCUT2D eigenvalue weighted by atomic mass is 14.9. The van der Waals surface area contributed by atoms with Gasteiger partial charge >= 0.3 is 0 Å². The molecule has 0 radical (unpaired) electrons. The van der Waals surface area contributed by atoms with E-state index in [2.05, 4.69) is 19.2 Å². The van der Waals surface area contributed by atoms with Crippen molar-refractivity contribution < 1.29 is 0 Å². The third kappa shape index (κ3) is 3.73. The van der Waals surface area contributed by atoms with Crippen LogP contribution in [0.5, 0.6) is 0 Å². The standard InChI is InChI=1S/C17H33N/c1-3-14-18-16(17(2)12-6-7-13-17)11-10-15-8-4-5-9-15/h15-16,18H,3-14H2,1-2H3. The van der Waals surface area contributed by atoms with Crippen LogP contribution in [0.3, 0.4) is 0 Å². The van der Waals surface area contributed by atoms with Crippen LogP contribution in [0.15, 0.2) is 0 Å². The molecular weight excluding hydrogens is 218 g/mol. The summed E-state index contributed by atoms with van der Waals surface area (Å²) in [5.74, 6) is 1.06. The molecule has 2 rings (SSSR count). The molecule has 0 aliphatic heterocycles. The predicted molar refractivity (Wildman–Crippen MR) is 79.8 cm³/mol. The molecule has 1 heteroatoms. The summed E-state index contributed by atoms with van der Waals surface area (Å²) in [5, 5.41) is 3.88. The fourth-order valence-corrected chi connectivity index (χ4v) is 4.25. The Morgan fingerprint density at radius 2 is 1.78 bits per heavy atom. The molecule has 0 saturated heterocycles. The van der Waals surface area contributed by atoms with E-state index in [1.165, 1.54) is 77.2 Å². The minimum Gasteiger partial charge on any atom is -0.313 e. The monoisotopic (exact) mass is 251 g/mol. The van der Waals surface area contributed by atoms with E-state index in [1.54, 1.807) is 0 Å². The molecule has 1 nitrogen and oxygen atoms in total. The van der Waals surface area contributed by atoms with Crippen molar-refractivity contribution in [3.8, 4) is 0 Å². The summed E-state index contributed by atoms with van der Waals surface area (Å²) in [6.07, 6.45) is 16.0. The highest BCUT2D eigenvalue weighted by Crippen LogP contribution is 2.43. The summed E-state index contributed by atoms with van der Waals surface area (Å²) < 4.78 is 0. The Kier molecular flexibility index (Phi) is 5.54. The molecule has 106 valence electrons. The highest BCUT2D eigenvalue weighted by molar-refractivity contribution is 4.91. The van der Waals surface area contributed by atoms with Gasteiger partial charge in [0.05, 0.1) is 0 Å². The van der Waals surface area contributed by atoms with Crippen LogP contribution in [0.25, 0.3) is 0 Å². The molecule has 0 aromatic rings. The van der Waals surface area contributed by atoms with Gasteiger partial charge in [0.1, 0.15) is 0 Å². The van der Waals surface area contributed by atoms with Crippen LogP contribution in [0, 0.1) is 11.3 Å². The minimum absolute atomic E-state index is 0.605. The zero-order valence-electron chi connectivity index (χ0n) is 12.6. The van der Waals surface area contributed by atoms with Crippen LogP contribution in [-0.4, -0.2) is 12.6 Å². The Labute approximate surface area is 114 Å². The molecule has 0 aromatic carbocycles.